The predicted octanol–water partition coefficient (Wildman–Crippen LogP) is 5.11. The molecule has 126 valence electrons. The summed E-state index contributed by atoms with van der Waals surface area (Å²) >= 11 is 0. The van der Waals surface area contributed by atoms with E-state index in [1.54, 1.807) is 0 Å². The summed E-state index contributed by atoms with van der Waals surface area (Å²) in [5, 5.41) is 10.5. The molecule has 2 aromatic carbocycles. The number of rotatable bonds is 3. The van der Waals surface area contributed by atoms with Crippen LogP contribution in [0.3, 0.4) is 0 Å². The number of benzene rings is 2. The molecule has 0 radical (unpaired) electrons. The number of nitrogens with zero attached hydrogens (tertiary/aromatic N) is 1. The zero-order chi connectivity index (χ0) is 17.4. The second-order valence-corrected chi connectivity index (χ2v) is 6.70. The van der Waals surface area contributed by atoms with Gasteiger partial charge in [0.15, 0.2) is 0 Å². The molecule has 0 bridgehead atoms. The minimum Gasteiger partial charge on any atom is -0.481 e. The van der Waals surface area contributed by atoms with Crippen molar-refractivity contribution in [3.05, 3.63) is 66.2 Å². The Morgan fingerprint density at radius 3 is 2.48 bits per heavy atom. The van der Waals surface area contributed by atoms with Gasteiger partial charge in [0, 0.05) is 23.5 Å². The Morgan fingerprint density at radius 2 is 1.80 bits per heavy atom. The summed E-state index contributed by atoms with van der Waals surface area (Å²) in [5.74, 6) is -0.935. The molecule has 1 N–H and O–H groups in total. The van der Waals surface area contributed by atoms with Crippen LogP contribution >= 0.6 is 0 Å². The normalized spacial score (nSPS) is 17.5. The van der Waals surface area contributed by atoms with Crippen molar-refractivity contribution in [3.63, 3.8) is 0 Å². The largest absolute Gasteiger partial charge is 0.481 e. The van der Waals surface area contributed by atoms with Crippen molar-refractivity contribution >= 4 is 22.4 Å². The second-order valence-electron chi connectivity index (χ2n) is 6.70. The maximum absolute atomic E-state index is 11.3. The molecule has 0 amide bonds. The Bertz CT molecular complexity index is 966. The van der Waals surface area contributed by atoms with E-state index in [9.17, 15) is 9.90 Å². The molecule has 1 aliphatic rings. The molecule has 3 nitrogen and oxygen atoms in total. The molecule has 1 atom stereocenters. The smallest absolute Gasteiger partial charge is 0.306 e. The van der Waals surface area contributed by atoms with Crippen LogP contribution in [0, 0.1) is 5.92 Å². The van der Waals surface area contributed by atoms with Crippen LogP contribution in [0.1, 0.15) is 24.8 Å². The molecule has 3 aromatic rings. The highest BCUT2D eigenvalue weighted by Gasteiger charge is 2.25. The SMILES string of the molecule is Cn1c(-c2ccccc2)c(C2=CCC(C(=O)O)CC2)c2ccccc21. The zero-order valence-corrected chi connectivity index (χ0v) is 14.3. The number of carboxylic acid groups (broad SMARTS) is 1. The maximum Gasteiger partial charge on any atom is 0.306 e. The number of para-hydroxylation sites is 1. The van der Waals surface area contributed by atoms with Gasteiger partial charge in [-0.2, -0.15) is 0 Å². The fourth-order valence-corrected chi connectivity index (χ4v) is 3.94. The summed E-state index contributed by atoms with van der Waals surface area (Å²) in [4.78, 5) is 11.3. The Labute approximate surface area is 147 Å². The number of aromatic nitrogens is 1. The minimum atomic E-state index is -0.684. The quantitative estimate of drug-likeness (QED) is 0.724. The first-order chi connectivity index (χ1) is 12.2. The molecule has 1 heterocycles. The van der Waals surface area contributed by atoms with Gasteiger partial charge in [-0.25, -0.2) is 0 Å². The first-order valence-corrected chi connectivity index (χ1v) is 8.72. The standard InChI is InChI=1S/C22H21NO2/c1-23-19-10-6-5-9-18(19)20(21(23)16-7-3-2-4-8-16)15-11-13-17(14-12-15)22(24)25/h2-11,17H,12-14H2,1H3,(H,24,25). The lowest BCUT2D eigenvalue weighted by Crippen LogP contribution is -2.15. The van der Waals surface area contributed by atoms with E-state index in [1.807, 2.05) is 6.07 Å². The lowest BCUT2D eigenvalue weighted by atomic mass is 9.85. The Balaban J connectivity index is 1.93. The molecule has 1 aliphatic carbocycles. The molecule has 0 saturated heterocycles. The molecule has 3 heteroatoms. The number of fused-ring (bicyclic) bond motifs is 1. The maximum atomic E-state index is 11.3. The van der Waals surface area contributed by atoms with Crippen molar-refractivity contribution in [1.29, 1.82) is 0 Å². The lowest BCUT2D eigenvalue weighted by molar-refractivity contribution is -0.141. The summed E-state index contributed by atoms with van der Waals surface area (Å²) < 4.78 is 2.25. The van der Waals surface area contributed by atoms with Gasteiger partial charge in [-0.05, 0) is 36.5 Å². The van der Waals surface area contributed by atoms with Gasteiger partial charge in [-0.1, -0.05) is 54.6 Å². The molecule has 1 aromatic heterocycles. The van der Waals surface area contributed by atoms with Gasteiger partial charge in [-0.3, -0.25) is 4.79 Å². The summed E-state index contributed by atoms with van der Waals surface area (Å²) in [6.07, 6.45) is 4.27. The van der Waals surface area contributed by atoms with Crippen molar-refractivity contribution in [3.8, 4) is 11.3 Å². The summed E-state index contributed by atoms with van der Waals surface area (Å²) in [6.45, 7) is 0. The van der Waals surface area contributed by atoms with Gasteiger partial charge in [0.2, 0.25) is 0 Å². The molecule has 4 rings (SSSR count). The van der Waals surface area contributed by atoms with Gasteiger partial charge in [0.25, 0.3) is 0 Å². The zero-order valence-electron chi connectivity index (χ0n) is 14.3. The molecular weight excluding hydrogens is 310 g/mol. The van der Waals surface area contributed by atoms with Crippen molar-refractivity contribution < 1.29 is 9.90 Å². The first kappa shape index (κ1) is 15.7. The highest BCUT2D eigenvalue weighted by atomic mass is 16.4. The van der Waals surface area contributed by atoms with Crippen LogP contribution in [-0.2, 0) is 11.8 Å². The van der Waals surface area contributed by atoms with E-state index in [0.717, 1.165) is 6.42 Å². The molecule has 1 unspecified atom stereocenters. The third-order valence-electron chi connectivity index (χ3n) is 5.24. The lowest BCUT2D eigenvalue weighted by Gasteiger charge is -2.20. The number of aryl methyl sites for hydroxylation is 1. The monoisotopic (exact) mass is 331 g/mol. The van der Waals surface area contributed by atoms with Gasteiger partial charge < -0.3 is 9.67 Å². The molecule has 0 spiro atoms. The van der Waals surface area contributed by atoms with E-state index in [4.69, 9.17) is 0 Å². The Morgan fingerprint density at radius 1 is 1.08 bits per heavy atom. The van der Waals surface area contributed by atoms with Crippen molar-refractivity contribution in [2.24, 2.45) is 13.0 Å². The number of aliphatic carboxylic acids is 1. The van der Waals surface area contributed by atoms with E-state index in [1.165, 1.54) is 33.3 Å². The topological polar surface area (TPSA) is 42.2 Å². The fraction of sp³-hybridized carbons (Fsp3) is 0.227. The van der Waals surface area contributed by atoms with Gasteiger partial charge in [-0.15, -0.1) is 0 Å². The van der Waals surface area contributed by atoms with E-state index >= 15 is 0 Å². The van der Waals surface area contributed by atoms with Gasteiger partial charge in [0.05, 0.1) is 11.6 Å². The van der Waals surface area contributed by atoms with Crippen LogP contribution < -0.4 is 0 Å². The number of carbonyl (C=O) groups is 1. The fourth-order valence-electron chi connectivity index (χ4n) is 3.94. The van der Waals surface area contributed by atoms with Gasteiger partial charge in [0.1, 0.15) is 0 Å². The molecule has 0 aliphatic heterocycles. The predicted molar refractivity (Wildman–Crippen MR) is 101 cm³/mol. The number of allylic oxidation sites excluding steroid dienone is 2. The van der Waals surface area contributed by atoms with E-state index in [2.05, 4.69) is 66.2 Å². The number of hydrogen-bond donors (Lipinski definition) is 1. The van der Waals surface area contributed by atoms with Crippen molar-refractivity contribution in [2.45, 2.75) is 19.3 Å². The van der Waals surface area contributed by atoms with Crippen molar-refractivity contribution in [2.75, 3.05) is 0 Å². The van der Waals surface area contributed by atoms with Crippen LogP contribution in [0.25, 0.3) is 27.7 Å². The second kappa shape index (κ2) is 6.25. The summed E-state index contributed by atoms with van der Waals surface area (Å²) in [7, 11) is 2.11. The molecule has 25 heavy (non-hydrogen) atoms. The third-order valence-corrected chi connectivity index (χ3v) is 5.24. The highest BCUT2D eigenvalue weighted by molar-refractivity contribution is 6.01. The average molecular weight is 331 g/mol. The van der Waals surface area contributed by atoms with E-state index in [0.29, 0.717) is 12.8 Å². The number of carboxylic acids is 1. The summed E-state index contributed by atoms with van der Waals surface area (Å²) in [6, 6.07) is 18.9. The Hall–Kier alpha value is -2.81. The van der Waals surface area contributed by atoms with Crippen LogP contribution in [0.5, 0.6) is 0 Å². The van der Waals surface area contributed by atoms with Crippen LogP contribution in [0.15, 0.2) is 60.7 Å². The Kier molecular flexibility index (Phi) is 3.92. The molecule has 0 fully saturated rings. The van der Waals surface area contributed by atoms with Crippen LogP contribution in [0.2, 0.25) is 0 Å². The average Bonchev–Trinajstić information content (AvgIpc) is 2.95. The van der Waals surface area contributed by atoms with Crippen molar-refractivity contribution in [1.82, 2.24) is 4.57 Å². The van der Waals surface area contributed by atoms with Gasteiger partial charge >= 0.3 is 5.97 Å². The number of hydrogen-bond acceptors (Lipinski definition) is 1. The molecular formula is C22H21NO2. The highest BCUT2D eigenvalue weighted by Crippen LogP contribution is 2.41. The summed E-state index contributed by atoms with van der Waals surface area (Å²) in [5.41, 5.74) is 6.14. The first-order valence-electron chi connectivity index (χ1n) is 8.72. The van der Waals surface area contributed by atoms with E-state index < -0.39 is 5.97 Å². The third kappa shape index (κ3) is 2.66. The minimum absolute atomic E-state index is 0.251. The molecule has 0 saturated carbocycles. The van der Waals surface area contributed by atoms with Crippen LogP contribution in [-0.4, -0.2) is 15.6 Å². The van der Waals surface area contributed by atoms with E-state index in [-0.39, 0.29) is 5.92 Å². The van der Waals surface area contributed by atoms with Crippen LogP contribution in [0.4, 0.5) is 0 Å².